The summed E-state index contributed by atoms with van der Waals surface area (Å²) in [6, 6.07) is 13.3. The minimum absolute atomic E-state index is 0. The number of allylic oxidation sites excluding steroid dienone is 1. The third-order valence-corrected chi connectivity index (χ3v) is 5.90. The molecule has 2 aromatic carbocycles. The number of aliphatic imine (C=N–C) groups is 1. The van der Waals surface area contributed by atoms with Gasteiger partial charge in [0, 0.05) is 30.1 Å². The van der Waals surface area contributed by atoms with Crippen LogP contribution in [0.5, 0.6) is 0 Å². The second-order valence-corrected chi connectivity index (χ2v) is 7.54. The highest BCUT2D eigenvalue weighted by atomic mass is 79.9. The van der Waals surface area contributed by atoms with Crippen LogP contribution in [0.15, 0.2) is 59.2 Å². The van der Waals surface area contributed by atoms with Crippen LogP contribution in [0.1, 0.15) is 30.4 Å². The number of amidine groups is 1. The SMILES string of the molecule is Br.Fc1ccc(CC2=C(c3ccc(F)cc3)SC3=NCCCCCN32)cc1. The van der Waals surface area contributed by atoms with E-state index >= 15 is 0 Å². The van der Waals surface area contributed by atoms with Gasteiger partial charge >= 0.3 is 0 Å². The van der Waals surface area contributed by atoms with Crippen LogP contribution in [0.3, 0.4) is 0 Å². The Morgan fingerprint density at radius 1 is 0.889 bits per heavy atom. The van der Waals surface area contributed by atoms with Crippen molar-refractivity contribution in [3.05, 3.63) is 77.0 Å². The maximum Gasteiger partial charge on any atom is 0.168 e. The number of hydrogen-bond acceptors (Lipinski definition) is 3. The third-order valence-electron chi connectivity index (χ3n) is 4.69. The largest absolute Gasteiger partial charge is 0.323 e. The van der Waals surface area contributed by atoms with Crippen LogP contribution in [0.4, 0.5) is 8.78 Å². The van der Waals surface area contributed by atoms with Gasteiger partial charge in [-0.25, -0.2) is 8.78 Å². The molecule has 0 bridgehead atoms. The van der Waals surface area contributed by atoms with Crippen molar-refractivity contribution in [2.75, 3.05) is 13.1 Å². The molecule has 6 heteroatoms. The average molecular weight is 451 g/mol. The molecule has 2 heterocycles. The van der Waals surface area contributed by atoms with E-state index in [9.17, 15) is 8.78 Å². The first-order valence-electron chi connectivity index (χ1n) is 8.94. The molecule has 2 aliphatic heterocycles. The molecule has 27 heavy (non-hydrogen) atoms. The van der Waals surface area contributed by atoms with Crippen molar-refractivity contribution in [3.8, 4) is 0 Å². The van der Waals surface area contributed by atoms with Crippen LogP contribution in [-0.2, 0) is 6.42 Å². The Morgan fingerprint density at radius 3 is 2.26 bits per heavy atom. The van der Waals surface area contributed by atoms with Gasteiger partial charge in [-0.3, -0.25) is 4.99 Å². The average Bonchev–Trinajstić information content (AvgIpc) is 2.94. The second kappa shape index (κ2) is 9.02. The standard InChI is InChI=1S/C21H20F2N2S.BrH/c22-17-8-4-15(5-9-17)14-19-20(16-6-10-18(23)11-7-16)26-21-24-12-2-1-3-13-25(19)21;/h4-11H,1-3,12-14H2;1H. The minimum atomic E-state index is -0.235. The van der Waals surface area contributed by atoms with Crippen molar-refractivity contribution in [3.63, 3.8) is 0 Å². The van der Waals surface area contributed by atoms with E-state index in [0.717, 1.165) is 47.1 Å². The van der Waals surface area contributed by atoms with Crippen molar-refractivity contribution in [1.82, 2.24) is 4.90 Å². The quantitative estimate of drug-likeness (QED) is 0.565. The van der Waals surface area contributed by atoms with Gasteiger partial charge in [-0.2, -0.15) is 0 Å². The maximum absolute atomic E-state index is 13.4. The normalized spacial score (nSPS) is 17.0. The Bertz CT molecular complexity index is 847. The van der Waals surface area contributed by atoms with Gasteiger partial charge in [0.15, 0.2) is 5.17 Å². The zero-order chi connectivity index (χ0) is 17.9. The molecule has 0 spiro atoms. The van der Waals surface area contributed by atoms with Crippen LogP contribution in [0, 0.1) is 11.6 Å². The fourth-order valence-corrected chi connectivity index (χ4v) is 4.53. The van der Waals surface area contributed by atoms with Crippen molar-refractivity contribution >= 4 is 38.8 Å². The van der Waals surface area contributed by atoms with Gasteiger partial charge < -0.3 is 4.90 Å². The van der Waals surface area contributed by atoms with E-state index in [4.69, 9.17) is 4.99 Å². The van der Waals surface area contributed by atoms with E-state index in [2.05, 4.69) is 4.90 Å². The van der Waals surface area contributed by atoms with Gasteiger partial charge in [0.1, 0.15) is 11.6 Å². The number of halogens is 3. The Balaban J connectivity index is 0.00000210. The highest BCUT2D eigenvalue weighted by Gasteiger charge is 2.30. The highest BCUT2D eigenvalue weighted by Crippen LogP contribution is 2.43. The molecule has 0 aliphatic carbocycles. The number of thioether (sulfide) groups is 1. The van der Waals surface area contributed by atoms with E-state index in [1.165, 1.54) is 36.4 Å². The smallest absolute Gasteiger partial charge is 0.168 e. The molecule has 0 N–H and O–H groups in total. The fourth-order valence-electron chi connectivity index (χ4n) is 3.32. The van der Waals surface area contributed by atoms with Crippen molar-refractivity contribution in [1.29, 1.82) is 0 Å². The lowest BCUT2D eigenvalue weighted by atomic mass is 10.1. The zero-order valence-corrected chi connectivity index (χ0v) is 17.4. The zero-order valence-electron chi connectivity index (χ0n) is 14.8. The van der Waals surface area contributed by atoms with Crippen molar-refractivity contribution in [2.45, 2.75) is 25.7 Å². The molecule has 0 saturated heterocycles. The van der Waals surface area contributed by atoms with E-state index in [1.807, 2.05) is 24.3 Å². The summed E-state index contributed by atoms with van der Waals surface area (Å²) in [5.74, 6) is -0.461. The molecule has 0 radical (unpaired) electrons. The minimum Gasteiger partial charge on any atom is -0.323 e. The Labute approximate surface area is 173 Å². The van der Waals surface area contributed by atoms with Crippen molar-refractivity contribution < 1.29 is 8.78 Å². The summed E-state index contributed by atoms with van der Waals surface area (Å²) in [6.07, 6.45) is 4.13. The number of benzene rings is 2. The third kappa shape index (κ3) is 4.61. The molecular formula is C21H21BrF2N2S. The van der Waals surface area contributed by atoms with E-state index in [-0.39, 0.29) is 28.6 Å². The Kier molecular flexibility index (Phi) is 6.71. The molecule has 2 nitrogen and oxygen atoms in total. The molecule has 0 saturated carbocycles. The van der Waals surface area contributed by atoms with Gasteiger partial charge in [0.25, 0.3) is 0 Å². The number of nitrogens with zero attached hydrogens (tertiary/aromatic N) is 2. The lowest BCUT2D eigenvalue weighted by Crippen LogP contribution is -2.28. The first-order chi connectivity index (χ1) is 12.7. The van der Waals surface area contributed by atoms with Gasteiger partial charge in [0.2, 0.25) is 0 Å². The number of rotatable bonds is 3. The van der Waals surface area contributed by atoms with Crippen molar-refractivity contribution in [2.24, 2.45) is 4.99 Å². The molecule has 0 fully saturated rings. The monoisotopic (exact) mass is 450 g/mol. The molecule has 0 atom stereocenters. The lowest BCUT2D eigenvalue weighted by Gasteiger charge is -2.24. The maximum atomic E-state index is 13.4. The molecule has 0 unspecified atom stereocenters. The molecular weight excluding hydrogens is 430 g/mol. The molecule has 4 rings (SSSR count). The summed E-state index contributed by atoms with van der Waals surface area (Å²) in [5, 5.41) is 1.03. The number of fused-ring (bicyclic) bond motifs is 1. The summed E-state index contributed by atoms with van der Waals surface area (Å²) in [4.78, 5) is 8.19. The number of hydrogen-bond donors (Lipinski definition) is 0. The lowest BCUT2D eigenvalue weighted by molar-refractivity contribution is 0.470. The van der Waals surface area contributed by atoms with E-state index in [0.29, 0.717) is 6.42 Å². The topological polar surface area (TPSA) is 15.6 Å². The van der Waals surface area contributed by atoms with Crippen LogP contribution in [-0.4, -0.2) is 23.2 Å². The van der Waals surface area contributed by atoms with Crippen LogP contribution >= 0.6 is 28.7 Å². The Morgan fingerprint density at radius 2 is 1.56 bits per heavy atom. The first kappa shape index (κ1) is 20.1. The van der Waals surface area contributed by atoms with Crippen LogP contribution in [0.25, 0.3) is 4.91 Å². The fraction of sp³-hybridized carbons (Fsp3) is 0.286. The predicted octanol–water partition coefficient (Wildman–Crippen LogP) is 6.04. The summed E-state index contributed by atoms with van der Waals surface area (Å²) >= 11 is 1.67. The molecule has 0 amide bonds. The van der Waals surface area contributed by atoms with Gasteiger partial charge in [-0.05, 0) is 66.4 Å². The van der Waals surface area contributed by atoms with Crippen LogP contribution < -0.4 is 0 Å². The molecule has 2 aliphatic rings. The summed E-state index contributed by atoms with van der Waals surface area (Å²) < 4.78 is 26.6. The molecule has 2 aromatic rings. The molecule has 142 valence electrons. The first-order valence-corrected chi connectivity index (χ1v) is 9.76. The summed E-state index contributed by atoms with van der Waals surface area (Å²) in [7, 11) is 0. The highest BCUT2D eigenvalue weighted by molar-refractivity contribution is 8.93. The summed E-state index contributed by atoms with van der Waals surface area (Å²) in [5.41, 5.74) is 3.24. The molecule has 0 aromatic heterocycles. The van der Waals surface area contributed by atoms with E-state index < -0.39 is 0 Å². The van der Waals surface area contributed by atoms with Gasteiger partial charge in [-0.1, -0.05) is 24.3 Å². The second-order valence-electron chi connectivity index (χ2n) is 6.56. The predicted molar refractivity (Wildman–Crippen MR) is 114 cm³/mol. The Hall–Kier alpha value is -1.66. The van der Waals surface area contributed by atoms with Gasteiger partial charge in [-0.15, -0.1) is 17.0 Å². The van der Waals surface area contributed by atoms with Gasteiger partial charge in [0.05, 0.1) is 0 Å². The van der Waals surface area contributed by atoms with E-state index in [1.54, 1.807) is 11.8 Å². The summed E-state index contributed by atoms with van der Waals surface area (Å²) in [6.45, 7) is 1.78. The van der Waals surface area contributed by atoms with Crippen LogP contribution in [0.2, 0.25) is 0 Å².